The number of hydrogen-bond donors (Lipinski definition) is 2. The predicted molar refractivity (Wildman–Crippen MR) is 128 cm³/mol. The van der Waals surface area contributed by atoms with Gasteiger partial charge < -0.3 is 10.2 Å². The normalized spacial score (nSPS) is 9.50. The summed E-state index contributed by atoms with van der Waals surface area (Å²) < 4.78 is 0. The van der Waals surface area contributed by atoms with Crippen LogP contribution in [-0.4, -0.2) is 30.1 Å². The lowest BCUT2D eigenvalue weighted by Crippen LogP contribution is -1.89. The Bertz CT molecular complexity index is 1490. The van der Waals surface area contributed by atoms with Gasteiger partial charge in [-0.2, -0.15) is 21.0 Å². The van der Waals surface area contributed by atoms with E-state index in [9.17, 15) is 31.3 Å². The highest BCUT2D eigenvalue weighted by Gasteiger charge is 2.05. The maximum absolute atomic E-state index is 10.7. The van der Waals surface area contributed by atoms with Crippen molar-refractivity contribution in [3.63, 3.8) is 0 Å². The van der Waals surface area contributed by atoms with Gasteiger partial charge in [-0.05, 0) is 49.2 Å². The minimum Gasteiger partial charge on any atom is -0.507 e. The first-order chi connectivity index (χ1) is 17.3. The molecule has 0 saturated carbocycles. The standard InChI is InChI=1S/C26H16N8O2/c1-15-3-17-11-31-21(7-27)23(9-29)33-13-19-5-16(2)6-20(26(19)36)14-34-24(10-30)22(8-28)32-12-18(4-15)25(17)35/h3-6,11-14,35-36H,1-2H3. The Morgan fingerprint density at radius 1 is 0.500 bits per heavy atom. The third-order valence-corrected chi connectivity index (χ3v) is 4.83. The zero-order valence-electron chi connectivity index (χ0n) is 19.1. The maximum Gasteiger partial charge on any atom is 0.176 e. The van der Waals surface area contributed by atoms with E-state index in [1.165, 1.54) is 24.8 Å². The van der Waals surface area contributed by atoms with Crippen molar-refractivity contribution in [3.05, 3.63) is 83.0 Å². The number of nitrogens with zero attached hydrogens (tertiary/aromatic N) is 8. The van der Waals surface area contributed by atoms with Crippen LogP contribution in [0.5, 0.6) is 11.5 Å². The van der Waals surface area contributed by atoms with Crippen molar-refractivity contribution >= 4 is 21.5 Å². The molecule has 10 nitrogen and oxygen atoms in total. The van der Waals surface area contributed by atoms with Crippen LogP contribution in [-0.2, 0) is 0 Å². The van der Waals surface area contributed by atoms with Gasteiger partial charge >= 0.3 is 0 Å². The first-order valence-electron chi connectivity index (χ1n) is 10.2. The van der Waals surface area contributed by atoms with E-state index in [1.54, 1.807) is 62.4 Å². The Labute approximate surface area is 205 Å². The summed E-state index contributed by atoms with van der Waals surface area (Å²) in [6.45, 7) is 3.50. The Balaban J connectivity index is 2.63. The Morgan fingerprint density at radius 3 is 0.917 bits per heavy atom. The molecule has 0 aliphatic rings. The molecule has 1 heterocycles. The highest BCUT2D eigenvalue weighted by molar-refractivity contribution is 5.81. The molecular weight excluding hydrogens is 456 g/mol. The highest BCUT2D eigenvalue weighted by Crippen LogP contribution is 2.26. The number of aryl methyl sites for hydroxylation is 2. The third-order valence-electron chi connectivity index (χ3n) is 4.83. The van der Waals surface area contributed by atoms with Gasteiger partial charge in [-0.3, -0.25) is 0 Å². The van der Waals surface area contributed by atoms with Crippen LogP contribution in [0.4, 0.5) is 0 Å². The van der Waals surface area contributed by atoms with Crippen molar-refractivity contribution in [3.8, 4) is 35.8 Å². The largest absolute Gasteiger partial charge is 0.507 e. The summed E-state index contributed by atoms with van der Waals surface area (Å²) in [6, 6.07) is 13.6. The van der Waals surface area contributed by atoms with Gasteiger partial charge in [0.2, 0.25) is 0 Å². The highest BCUT2D eigenvalue weighted by atomic mass is 16.3. The Hall–Kier alpha value is -5.84. The van der Waals surface area contributed by atoms with Gasteiger partial charge in [-0.15, -0.1) is 0 Å². The molecule has 2 aromatic carbocycles. The van der Waals surface area contributed by atoms with Crippen molar-refractivity contribution in [2.24, 2.45) is 0 Å². The van der Waals surface area contributed by atoms with Gasteiger partial charge in [0.1, 0.15) is 35.8 Å². The van der Waals surface area contributed by atoms with E-state index in [0.717, 1.165) is 0 Å². The first kappa shape index (κ1) is 24.8. The molecule has 0 fully saturated rings. The second kappa shape index (κ2) is 10.9. The summed E-state index contributed by atoms with van der Waals surface area (Å²) in [7, 11) is 0. The first-order valence-corrected chi connectivity index (χ1v) is 10.2. The SMILES string of the molecule is Cc1cc2cnc(C#N)c(C#N)ncc3cc(C)cc(cnc(C#N)c(C#N)ncc(c1)c2O)c3O. The van der Waals surface area contributed by atoms with Crippen LogP contribution >= 0.6 is 0 Å². The molecule has 3 aromatic rings. The van der Waals surface area contributed by atoms with Crippen LogP contribution in [0.15, 0.2) is 49.1 Å². The van der Waals surface area contributed by atoms with E-state index in [2.05, 4.69) is 19.9 Å². The third kappa shape index (κ3) is 5.38. The number of nitriles is 4. The van der Waals surface area contributed by atoms with Crippen LogP contribution in [0.2, 0.25) is 0 Å². The molecule has 3 rings (SSSR count). The topological polar surface area (TPSA) is 187 Å². The fraction of sp³-hybridized carbons (Fsp3) is 0.0769. The smallest absolute Gasteiger partial charge is 0.176 e. The van der Waals surface area contributed by atoms with Crippen molar-refractivity contribution < 1.29 is 10.2 Å². The number of phenolic OH excluding ortho intramolecular Hbond substituents is 2. The summed E-state index contributed by atoms with van der Waals surface area (Å²) in [5.74, 6) is -0.494. The van der Waals surface area contributed by atoms with E-state index in [1.807, 2.05) is 0 Å². The number of phenols is 2. The summed E-state index contributed by atoms with van der Waals surface area (Å²) in [4.78, 5) is 16.1. The second-order valence-electron chi connectivity index (χ2n) is 7.46. The molecule has 1 aromatic heterocycles. The maximum atomic E-state index is 10.7. The molecule has 0 atom stereocenters. The summed E-state index contributed by atoms with van der Waals surface area (Å²) in [5.41, 5.74) is 0.163. The van der Waals surface area contributed by atoms with Gasteiger partial charge in [0.15, 0.2) is 22.8 Å². The second-order valence-corrected chi connectivity index (χ2v) is 7.46. The molecule has 172 valence electrons. The zero-order chi connectivity index (χ0) is 26.2. The van der Waals surface area contributed by atoms with Crippen molar-refractivity contribution in [1.82, 2.24) is 19.9 Å². The minimum atomic E-state index is -0.312. The monoisotopic (exact) mass is 472 g/mol. The van der Waals surface area contributed by atoms with Crippen molar-refractivity contribution in [2.45, 2.75) is 13.8 Å². The number of hydrogen-bond acceptors (Lipinski definition) is 10. The number of fused-ring (bicyclic) bond motifs is 4. The van der Waals surface area contributed by atoms with Crippen molar-refractivity contribution in [1.29, 1.82) is 21.0 Å². The predicted octanol–water partition coefficient (Wildman–Crippen LogP) is 3.90. The molecule has 0 aliphatic heterocycles. The van der Waals surface area contributed by atoms with Gasteiger partial charge in [0, 0.05) is 46.3 Å². The van der Waals surface area contributed by atoms with Crippen LogP contribution in [0.1, 0.15) is 33.9 Å². The van der Waals surface area contributed by atoms with Crippen LogP contribution in [0, 0.1) is 59.2 Å². The summed E-state index contributed by atoms with van der Waals surface area (Å²) in [5, 5.41) is 60.3. The van der Waals surface area contributed by atoms with Gasteiger partial charge in [0.25, 0.3) is 0 Å². The van der Waals surface area contributed by atoms with Crippen LogP contribution < -0.4 is 0 Å². The van der Waals surface area contributed by atoms with E-state index in [-0.39, 0.29) is 55.8 Å². The zero-order valence-corrected chi connectivity index (χ0v) is 19.1. The molecule has 0 spiro atoms. The molecule has 0 amide bonds. The summed E-state index contributed by atoms with van der Waals surface area (Å²) >= 11 is 0. The lowest BCUT2D eigenvalue weighted by Gasteiger charge is -2.00. The minimum absolute atomic E-state index is 0.216. The van der Waals surface area contributed by atoms with E-state index in [0.29, 0.717) is 11.1 Å². The average Bonchev–Trinajstić information content (AvgIpc) is 2.86. The Morgan fingerprint density at radius 2 is 0.722 bits per heavy atom. The lowest BCUT2D eigenvalue weighted by molar-refractivity contribution is 0.486. The quantitative estimate of drug-likeness (QED) is 0.485. The molecule has 0 aliphatic carbocycles. The Kier molecular flexibility index (Phi) is 7.47. The molecule has 4 bridgehead atoms. The van der Waals surface area contributed by atoms with E-state index in [4.69, 9.17) is 0 Å². The molecule has 2 N–H and O–H groups in total. The van der Waals surface area contributed by atoms with Gasteiger partial charge in [0.05, 0.1) is 0 Å². The van der Waals surface area contributed by atoms with Gasteiger partial charge in [-0.25, -0.2) is 19.9 Å². The van der Waals surface area contributed by atoms with Crippen LogP contribution in [0.25, 0.3) is 21.5 Å². The molecule has 0 radical (unpaired) electrons. The molecule has 10 heteroatoms. The fourth-order valence-electron chi connectivity index (χ4n) is 3.17. The van der Waals surface area contributed by atoms with Crippen molar-refractivity contribution in [2.75, 3.05) is 0 Å². The number of benzene rings is 2. The molecule has 0 saturated heterocycles. The van der Waals surface area contributed by atoms with E-state index < -0.39 is 0 Å². The lowest BCUT2D eigenvalue weighted by atomic mass is 10.1. The molecule has 36 heavy (non-hydrogen) atoms. The molecule has 0 unspecified atom stereocenters. The molecular formula is C26H16N8O2. The van der Waals surface area contributed by atoms with Crippen LogP contribution in [0.3, 0.4) is 0 Å². The average molecular weight is 472 g/mol. The fourth-order valence-corrected chi connectivity index (χ4v) is 3.17. The van der Waals surface area contributed by atoms with E-state index >= 15 is 0 Å². The number of aromatic nitrogens is 4. The number of rotatable bonds is 0. The van der Waals surface area contributed by atoms with Gasteiger partial charge in [-0.1, -0.05) is 0 Å². The summed E-state index contributed by atoms with van der Waals surface area (Å²) in [6.07, 6.45) is 4.79. The number of aromatic hydroxyl groups is 2.